The molecule has 0 atom stereocenters. The van der Waals surface area contributed by atoms with Crippen molar-refractivity contribution in [2.24, 2.45) is 0 Å². The van der Waals surface area contributed by atoms with Gasteiger partial charge in [-0.25, -0.2) is 0 Å². The molecule has 4 heteroatoms. The van der Waals surface area contributed by atoms with Crippen LogP contribution in [0.25, 0.3) is 0 Å². The fraction of sp³-hybridized carbons (Fsp3) is 0.214. The van der Waals surface area contributed by atoms with Crippen LogP contribution in [0.5, 0.6) is 5.75 Å². The number of furan rings is 1. The molecular weight excluding hydrogens is 252 g/mol. The third kappa shape index (κ3) is 2.02. The van der Waals surface area contributed by atoms with Gasteiger partial charge in [0.1, 0.15) is 5.75 Å². The minimum absolute atomic E-state index is 0.226. The Hall–Kier alpha value is -1.74. The Morgan fingerprint density at radius 1 is 1.39 bits per heavy atom. The molecule has 0 amide bonds. The maximum Gasteiger partial charge on any atom is 0.232 e. The molecule has 1 aromatic carbocycles. The molecule has 0 saturated heterocycles. The van der Waals surface area contributed by atoms with E-state index in [0.717, 1.165) is 5.56 Å². The van der Waals surface area contributed by atoms with E-state index >= 15 is 0 Å². The molecule has 0 N–H and O–H groups in total. The van der Waals surface area contributed by atoms with Gasteiger partial charge in [-0.2, -0.15) is 0 Å². The summed E-state index contributed by atoms with van der Waals surface area (Å²) < 4.78 is 10.4. The average molecular weight is 265 g/mol. The largest absolute Gasteiger partial charge is 0.496 e. The second kappa shape index (κ2) is 4.86. The molecule has 0 aliphatic heterocycles. The van der Waals surface area contributed by atoms with Crippen molar-refractivity contribution in [1.29, 1.82) is 0 Å². The number of hydrogen-bond acceptors (Lipinski definition) is 3. The Morgan fingerprint density at radius 2 is 2.11 bits per heavy atom. The van der Waals surface area contributed by atoms with Gasteiger partial charge in [0.2, 0.25) is 5.78 Å². The van der Waals surface area contributed by atoms with E-state index in [-0.39, 0.29) is 11.5 Å². The van der Waals surface area contributed by atoms with Gasteiger partial charge in [0.25, 0.3) is 0 Å². The lowest BCUT2D eigenvalue weighted by molar-refractivity contribution is 0.101. The molecular formula is C14H13ClO3. The minimum Gasteiger partial charge on any atom is -0.496 e. The normalized spacial score (nSPS) is 10.4. The van der Waals surface area contributed by atoms with Crippen molar-refractivity contribution in [3.05, 3.63) is 51.9 Å². The van der Waals surface area contributed by atoms with Crippen molar-refractivity contribution in [2.75, 3.05) is 7.11 Å². The number of carbonyl (C=O) groups is 1. The first kappa shape index (κ1) is 12.7. The van der Waals surface area contributed by atoms with Crippen molar-refractivity contribution in [3.63, 3.8) is 0 Å². The third-order valence-corrected chi connectivity index (χ3v) is 3.42. The summed E-state index contributed by atoms with van der Waals surface area (Å²) in [5.41, 5.74) is 2.03. The van der Waals surface area contributed by atoms with Gasteiger partial charge in [-0.1, -0.05) is 11.6 Å². The van der Waals surface area contributed by atoms with E-state index in [9.17, 15) is 4.79 Å². The van der Waals surface area contributed by atoms with Gasteiger partial charge in [0, 0.05) is 5.02 Å². The Morgan fingerprint density at radius 3 is 2.67 bits per heavy atom. The van der Waals surface area contributed by atoms with Gasteiger partial charge in [0.15, 0.2) is 5.76 Å². The molecule has 94 valence electrons. The number of rotatable bonds is 3. The van der Waals surface area contributed by atoms with Crippen LogP contribution in [0.15, 0.2) is 28.9 Å². The quantitative estimate of drug-likeness (QED) is 0.792. The zero-order valence-corrected chi connectivity index (χ0v) is 11.2. The standard InChI is InChI=1S/C14H13ClO3/c1-8-7-11(17-3)12(9(2)13(8)15)14(16)10-5-4-6-18-10/h4-7H,1-3H3. The Labute approximate surface area is 110 Å². The summed E-state index contributed by atoms with van der Waals surface area (Å²) >= 11 is 6.18. The molecule has 0 saturated carbocycles. The van der Waals surface area contributed by atoms with Crippen LogP contribution in [0.1, 0.15) is 27.2 Å². The third-order valence-electron chi connectivity index (χ3n) is 2.84. The maximum atomic E-state index is 12.3. The van der Waals surface area contributed by atoms with Crippen LogP contribution in [0.4, 0.5) is 0 Å². The monoisotopic (exact) mass is 264 g/mol. The summed E-state index contributed by atoms with van der Waals surface area (Å²) in [6.07, 6.45) is 1.46. The molecule has 0 radical (unpaired) electrons. The van der Waals surface area contributed by atoms with Gasteiger partial charge in [0.05, 0.1) is 18.9 Å². The Balaban J connectivity index is 2.63. The lowest BCUT2D eigenvalue weighted by atomic mass is 9.99. The van der Waals surface area contributed by atoms with Gasteiger partial charge in [-0.15, -0.1) is 0 Å². The number of ketones is 1. The first-order valence-corrected chi connectivity index (χ1v) is 5.86. The van der Waals surface area contributed by atoms with E-state index in [4.69, 9.17) is 20.8 Å². The number of hydrogen-bond donors (Lipinski definition) is 0. The second-order valence-corrected chi connectivity index (χ2v) is 4.39. The molecule has 0 fully saturated rings. The van der Waals surface area contributed by atoms with Crippen molar-refractivity contribution in [2.45, 2.75) is 13.8 Å². The molecule has 2 aromatic rings. The lowest BCUT2D eigenvalue weighted by Crippen LogP contribution is -2.06. The van der Waals surface area contributed by atoms with Crippen LogP contribution in [-0.2, 0) is 0 Å². The summed E-state index contributed by atoms with van der Waals surface area (Å²) in [5, 5.41) is 0.575. The average Bonchev–Trinajstić information content (AvgIpc) is 2.88. The highest BCUT2D eigenvalue weighted by Crippen LogP contribution is 2.33. The van der Waals surface area contributed by atoms with Crippen LogP contribution in [0, 0.1) is 13.8 Å². The number of aryl methyl sites for hydroxylation is 1. The van der Waals surface area contributed by atoms with Crippen molar-refractivity contribution < 1.29 is 13.9 Å². The highest BCUT2D eigenvalue weighted by Gasteiger charge is 2.22. The number of ether oxygens (including phenoxy) is 1. The Bertz CT molecular complexity index is 586. The molecule has 0 bridgehead atoms. The highest BCUT2D eigenvalue weighted by atomic mass is 35.5. The number of carbonyl (C=O) groups excluding carboxylic acids is 1. The first-order chi connectivity index (χ1) is 8.56. The predicted octanol–water partition coefficient (Wildman–Crippen LogP) is 3.79. The zero-order valence-electron chi connectivity index (χ0n) is 10.4. The fourth-order valence-electron chi connectivity index (χ4n) is 1.90. The van der Waals surface area contributed by atoms with Gasteiger partial charge in [-0.3, -0.25) is 4.79 Å². The second-order valence-electron chi connectivity index (χ2n) is 4.02. The summed E-state index contributed by atoms with van der Waals surface area (Å²) in [4.78, 5) is 12.3. The van der Waals surface area contributed by atoms with Crippen molar-refractivity contribution >= 4 is 17.4 Å². The van der Waals surface area contributed by atoms with E-state index in [1.807, 2.05) is 6.92 Å². The van der Waals surface area contributed by atoms with Crippen molar-refractivity contribution in [3.8, 4) is 5.75 Å². The maximum absolute atomic E-state index is 12.3. The number of halogens is 1. The lowest BCUT2D eigenvalue weighted by Gasteiger charge is -2.13. The summed E-state index contributed by atoms with van der Waals surface area (Å²) in [5.74, 6) is 0.559. The van der Waals surface area contributed by atoms with Crippen LogP contribution < -0.4 is 4.74 Å². The van der Waals surface area contributed by atoms with E-state index in [0.29, 0.717) is 21.9 Å². The van der Waals surface area contributed by atoms with Crippen LogP contribution in [0.2, 0.25) is 5.02 Å². The highest BCUT2D eigenvalue weighted by molar-refractivity contribution is 6.33. The zero-order chi connectivity index (χ0) is 13.3. The first-order valence-electron chi connectivity index (χ1n) is 5.48. The fourth-order valence-corrected chi connectivity index (χ4v) is 2.05. The van der Waals surface area contributed by atoms with Crippen LogP contribution >= 0.6 is 11.6 Å². The van der Waals surface area contributed by atoms with Crippen LogP contribution in [0.3, 0.4) is 0 Å². The predicted molar refractivity (Wildman–Crippen MR) is 69.6 cm³/mol. The topological polar surface area (TPSA) is 39.4 Å². The summed E-state index contributed by atoms with van der Waals surface area (Å²) in [7, 11) is 1.53. The van der Waals surface area contributed by atoms with E-state index in [1.165, 1.54) is 13.4 Å². The van der Waals surface area contributed by atoms with E-state index in [2.05, 4.69) is 0 Å². The summed E-state index contributed by atoms with van der Waals surface area (Å²) in [6.45, 7) is 3.67. The molecule has 0 aliphatic carbocycles. The van der Waals surface area contributed by atoms with E-state index in [1.54, 1.807) is 25.1 Å². The molecule has 3 nitrogen and oxygen atoms in total. The Kier molecular flexibility index (Phi) is 3.43. The molecule has 1 heterocycles. The molecule has 0 unspecified atom stereocenters. The molecule has 2 rings (SSSR count). The van der Waals surface area contributed by atoms with E-state index < -0.39 is 0 Å². The molecule has 1 aromatic heterocycles. The SMILES string of the molecule is COc1cc(C)c(Cl)c(C)c1C(=O)c1ccco1. The number of benzene rings is 1. The van der Waals surface area contributed by atoms with Crippen molar-refractivity contribution in [1.82, 2.24) is 0 Å². The van der Waals surface area contributed by atoms with Gasteiger partial charge in [-0.05, 0) is 43.2 Å². The molecule has 18 heavy (non-hydrogen) atoms. The van der Waals surface area contributed by atoms with Crippen LogP contribution in [-0.4, -0.2) is 12.9 Å². The molecule has 0 spiro atoms. The van der Waals surface area contributed by atoms with Gasteiger partial charge >= 0.3 is 0 Å². The smallest absolute Gasteiger partial charge is 0.232 e. The summed E-state index contributed by atoms with van der Waals surface area (Å²) in [6, 6.07) is 5.05. The minimum atomic E-state index is -0.226. The number of methoxy groups -OCH3 is 1. The molecule has 0 aliphatic rings. The van der Waals surface area contributed by atoms with Gasteiger partial charge < -0.3 is 9.15 Å².